The van der Waals surface area contributed by atoms with Crippen LogP contribution in [0.15, 0.2) is 18.2 Å². The van der Waals surface area contributed by atoms with E-state index in [4.69, 9.17) is 0 Å². The zero-order valence-electron chi connectivity index (χ0n) is 13.7. The SMILES string of the molecule is CCCNCCC1(CCc2ccc(F)c(C)c2)CCCC1. The van der Waals surface area contributed by atoms with E-state index >= 15 is 0 Å². The van der Waals surface area contributed by atoms with Crippen molar-refractivity contribution in [1.29, 1.82) is 0 Å². The van der Waals surface area contributed by atoms with Crippen molar-refractivity contribution in [3.63, 3.8) is 0 Å². The lowest BCUT2D eigenvalue weighted by Gasteiger charge is -2.29. The lowest BCUT2D eigenvalue weighted by molar-refractivity contribution is 0.245. The average molecular weight is 291 g/mol. The van der Waals surface area contributed by atoms with Gasteiger partial charge >= 0.3 is 0 Å². The maximum absolute atomic E-state index is 13.3. The van der Waals surface area contributed by atoms with Crippen LogP contribution >= 0.6 is 0 Å². The van der Waals surface area contributed by atoms with Crippen LogP contribution in [0.2, 0.25) is 0 Å². The second-order valence-electron chi connectivity index (χ2n) is 6.79. The van der Waals surface area contributed by atoms with Crippen LogP contribution in [0.1, 0.15) is 63.0 Å². The Kier molecular flexibility index (Phi) is 6.22. The van der Waals surface area contributed by atoms with Gasteiger partial charge in [0.1, 0.15) is 5.82 Å². The van der Waals surface area contributed by atoms with E-state index in [2.05, 4.69) is 12.2 Å². The molecule has 1 aliphatic carbocycles. The van der Waals surface area contributed by atoms with Crippen LogP contribution in [0.25, 0.3) is 0 Å². The average Bonchev–Trinajstić information content (AvgIpc) is 2.94. The van der Waals surface area contributed by atoms with Crippen molar-refractivity contribution in [2.75, 3.05) is 13.1 Å². The van der Waals surface area contributed by atoms with E-state index < -0.39 is 0 Å². The predicted molar refractivity (Wildman–Crippen MR) is 88.1 cm³/mol. The summed E-state index contributed by atoms with van der Waals surface area (Å²) in [6.45, 7) is 6.36. The van der Waals surface area contributed by atoms with Crippen molar-refractivity contribution in [3.8, 4) is 0 Å². The molecule has 0 atom stereocenters. The fourth-order valence-electron chi connectivity index (χ4n) is 3.68. The number of hydrogen-bond donors (Lipinski definition) is 1. The molecule has 1 N–H and O–H groups in total. The van der Waals surface area contributed by atoms with Crippen LogP contribution in [-0.4, -0.2) is 13.1 Å². The molecular formula is C19H30FN. The van der Waals surface area contributed by atoms with Gasteiger partial charge in [-0.25, -0.2) is 4.39 Å². The summed E-state index contributed by atoms with van der Waals surface area (Å²) in [5, 5.41) is 3.55. The third kappa shape index (κ3) is 4.81. The number of rotatable bonds is 8. The molecule has 1 saturated carbocycles. The molecule has 2 heteroatoms. The molecule has 0 bridgehead atoms. The van der Waals surface area contributed by atoms with Crippen LogP contribution in [0.3, 0.4) is 0 Å². The number of nitrogens with one attached hydrogen (secondary N) is 1. The van der Waals surface area contributed by atoms with Crippen molar-refractivity contribution >= 4 is 0 Å². The van der Waals surface area contributed by atoms with E-state index in [-0.39, 0.29) is 5.82 Å². The molecule has 1 aliphatic rings. The van der Waals surface area contributed by atoms with Gasteiger partial charge in [0.05, 0.1) is 0 Å². The first-order valence-electron chi connectivity index (χ1n) is 8.61. The lowest BCUT2D eigenvalue weighted by Crippen LogP contribution is -2.26. The Morgan fingerprint density at radius 2 is 1.90 bits per heavy atom. The smallest absolute Gasteiger partial charge is 0.126 e. The third-order valence-electron chi connectivity index (χ3n) is 5.09. The van der Waals surface area contributed by atoms with E-state index in [0.29, 0.717) is 5.41 Å². The summed E-state index contributed by atoms with van der Waals surface area (Å²) in [5.74, 6) is -0.0851. The molecule has 0 saturated heterocycles. The lowest BCUT2D eigenvalue weighted by atomic mass is 9.77. The van der Waals surface area contributed by atoms with Crippen molar-refractivity contribution in [3.05, 3.63) is 35.1 Å². The third-order valence-corrected chi connectivity index (χ3v) is 5.09. The van der Waals surface area contributed by atoms with Crippen LogP contribution in [0, 0.1) is 18.2 Å². The standard InChI is InChI=1S/C19H30FN/c1-3-13-21-14-12-19(9-4-5-10-19)11-8-17-6-7-18(20)16(2)15-17/h6-7,15,21H,3-5,8-14H2,1-2H3. The van der Waals surface area contributed by atoms with Gasteiger partial charge in [-0.2, -0.15) is 0 Å². The van der Waals surface area contributed by atoms with Crippen LogP contribution in [-0.2, 0) is 6.42 Å². The zero-order valence-corrected chi connectivity index (χ0v) is 13.7. The number of aryl methyl sites for hydroxylation is 2. The van der Waals surface area contributed by atoms with E-state index in [1.807, 2.05) is 19.1 Å². The second kappa shape index (κ2) is 7.93. The summed E-state index contributed by atoms with van der Waals surface area (Å²) >= 11 is 0. The van der Waals surface area contributed by atoms with Crippen LogP contribution < -0.4 is 5.32 Å². The highest BCUT2D eigenvalue weighted by atomic mass is 19.1. The molecule has 1 nitrogen and oxygen atoms in total. The minimum Gasteiger partial charge on any atom is -0.317 e. The van der Waals surface area contributed by atoms with E-state index in [1.165, 1.54) is 50.5 Å². The van der Waals surface area contributed by atoms with Gasteiger partial charge in [0, 0.05) is 0 Å². The molecule has 0 spiro atoms. The number of hydrogen-bond acceptors (Lipinski definition) is 1. The summed E-state index contributed by atoms with van der Waals surface area (Å²) in [6, 6.07) is 5.60. The fourth-order valence-corrected chi connectivity index (χ4v) is 3.68. The molecule has 118 valence electrons. The molecule has 1 fully saturated rings. The normalized spacial score (nSPS) is 17.3. The van der Waals surface area contributed by atoms with Crippen LogP contribution in [0.4, 0.5) is 4.39 Å². The van der Waals surface area contributed by atoms with Gasteiger partial charge in [-0.15, -0.1) is 0 Å². The Balaban J connectivity index is 1.88. The summed E-state index contributed by atoms with van der Waals surface area (Å²) in [5.41, 5.74) is 2.60. The first kappa shape index (κ1) is 16.5. The van der Waals surface area contributed by atoms with Crippen molar-refractivity contribution in [2.24, 2.45) is 5.41 Å². The summed E-state index contributed by atoms with van der Waals surface area (Å²) in [4.78, 5) is 0. The van der Waals surface area contributed by atoms with Gasteiger partial charge in [-0.1, -0.05) is 31.9 Å². The minimum atomic E-state index is -0.0851. The highest BCUT2D eigenvalue weighted by molar-refractivity contribution is 5.24. The molecule has 0 aromatic heterocycles. The molecule has 0 aliphatic heterocycles. The molecule has 1 aromatic carbocycles. The Bertz CT molecular complexity index is 435. The quantitative estimate of drug-likeness (QED) is 0.663. The maximum atomic E-state index is 13.3. The summed E-state index contributed by atoms with van der Waals surface area (Å²) < 4.78 is 13.3. The highest BCUT2D eigenvalue weighted by Gasteiger charge is 2.32. The fraction of sp³-hybridized carbons (Fsp3) is 0.684. The van der Waals surface area contributed by atoms with Crippen molar-refractivity contribution in [2.45, 2.75) is 65.2 Å². The molecular weight excluding hydrogens is 261 g/mol. The van der Waals surface area contributed by atoms with Gasteiger partial charge < -0.3 is 5.32 Å². The number of halogens is 1. The van der Waals surface area contributed by atoms with Crippen molar-refractivity contribution < 1.29 is 4.39 Å². The predicted octanol–water partition coefficient (Wildman–Crippen LogP) is 5.02. The van der Waals surface area contributed by atoms with E-state index in [0.717, 1.165) is 25.1 Å². The molecule has 0 amide bonds. The largest absolute Gasteiger partial charge is 0.317 e. The minimum absolute atomic E-state index is 0.0851. The Hall–Kier alpha value is -0.890. The van der Waals surface area contributed by atoms with Gasteiger partial charge in [-0.3, -0.25) is 0 Å². The van der Waals surface area contributed by atoms with Crippen LogP contribution in [0.5, 0.6) is 0 Å². The Morgan fingerprint density at radius 1 is 1.14 bits per heavy atom. The summed E-state index contributed by atoms with van der Waals surface area (Å²) in [6.07, 6.45) is 10.4. The topological polar surface area (TPSA) is 12.0 Å². The first-order valence-corrected chi connectivity index (χ1v) is 8.61. The molecule has 2 rings (SSSR count). The monoisotopic (exact) mass is 291 g/mol. The van der Waals surface area contributed by atoms with Crippen molar-refractivity contribution in [1.82, 2.24) is 5.32 Å². The zero-order chi connectivity index (χ0) is 15.1. The first-order chi connectivity index (χ1) is 10.2. The molecule has 0 heterocycles. The molecule has 1 aromatic rings. The van der Waals surface area contributed by atoms with E-state index in [1.54, 1.807) is 6.07 Å². The highest BCUT2D eigenvalue weighted by Crippen LogP contribution is 2.44. The van der Waals surface area contributed by atoms with E-state index in [9.17, 15) is 4.39 Å². The Labute approximate surface area is 129 Å². The van der Waals surface area contributed by atoms with Gasteiger partial charge in [0.2, 0.25) is 0 Å². The molecule has 21 heavy (non-hydrogen) atoms. The number of benzene rings is 1. The molecule has 0 unspecified atom stereocenters. The molecule has 0 radical (unpaired) electrons. The maximum Gasteiger partial charge on any atom is 0.126 e. The summed E-state index contributed by atoms with van der Waals surface area (Å²) in [7, 11) is 0. The van der Waals surface area contributed by atoms with Gasteiger partial charge in [0.15, 0.2) is 0 Å². The second-order valence-corrected chi connectivity index (χ2v) is 6.79. The van der Waals surface area contributed by atoms with Gasteiger partial charge in [0.25, 0.3) is 0 Å². The van der Waals surface area contributed by atoms with Gasteiger partial charge in [-0.05, 0) is 81.1 Å². The Morgan fingerprint density at radius 3 is 2.57 bits per heavy atom.